The maximum atomic E-state index is 12.1. The van der Waals surface area contributed by atoms with Gasteiger partial charge in [-0.1, -0.05) is 24.2 Å². The van der Waals surface area contributed by atoms with Gasteiger partial charge < -0.3 is 14.9 Å². The number of aryl methyl sites for hydroxylation is 2. The number of nitrogens with zero attached hydrogens (tertiary/aromatic N) is 1. The Morgan fingerprint density at radius 3 is 2.43 bits per heavy atom. The van der Waals surface area contributed by atoms with Gasteiger partial charge in [0.15, 0.2) is 0 Å². The Labute approximate surface area is 134 Å². The summed E-state index contributed by atoms with van der Waals surface area (Å²) in [6, 6.07) is 6.44. The lowest BCUT2D eigenvalue weighted by molar-refractivity contribution is -0.121. The molecule has 2 rings (SSSR count). The number of carboxylic acids is 1. The predicted octanol–water partition coefficient (Wildman–Crippen LogP) is 2.80. The summed E-state index contributed by atoms with van der Waals surface area (Å²) < 4.78 is 5.13. The lowest BCUT2D eigenvalue weighted by Gasteiger charge is -2.11. The van der Waals surface area contributed by atoms with Gasteiger partial charge in [-0.05, 0) is 37.5 Å². The van der Waals surface area contributed by atoms with E-state index in [9.17, 15) is 9.59 Å². The van der Waals surface area contributed by atoms with Crippen molar-refractivity contribution in [3.05, 3.63) is 52.4 Å². The van der Waals surface area contributed by atoms with Crippen LogP contribution in [0, 0.1) is 13.8 Å². The minimum absolute atomic E-state index is 0.0237. The standard InChI is InChI=1S/C17H20N2O4/c1-10(16-11(2)19-23-12(16)3)8-15(20)18-9-13-4-6-14(7-5-13)17(21)22/h4-7,10H,8-9H2,1-3H3,(H,18,20)(H,21,22). The van der Waals surface area contributed by atoms with Crippen LogP contribution in [0.15, 0.2) is 28.8 Å². The number of hydrogen-bond donors (Lipinski definition) is 2. The molecule has 0 saturated carbocycles. The van der Waals surface area contributed by atoms with Crippen LogP contribution in [0.4, 0.5) is 0 Å². The van der Waals surface area contributed by atoms with Crippen molar-refractivity contribution in [2.24, 2.45) is 0 Å². The third-order valence-corrected chi connectivity index (χ3v) is 3.76. The highest BCUT2D eigenvalue weighted by Gasteiger charge is 2.19. The average molecular weight is 316 g/mol. The molecule has 1 amide bonds. The molecule has 0 fully saturated rings. The first-order valence-electron chi connectivity index (χ1n) is 7.40. The van der Waals surface area contributed by atoms with Crippen LogP contribution in [0.25, 0.3) is 0 Å². The highest BCUT2D eigenvalue weighted by molar-refractivity contribution is 5.87. The van der Waals surface area contributed by atoms with Gasteiger partial charge in [-0.15, -0.1) is 0 Å². The van der Waals surface area contributed by atoms with Gasteiger partial charge in [-0.2, -0.15) is 0 Å². The van der Waals surface area contributed by atoms with E-state index in [4.69, 9.17) is 9.63 Å². The van der Waals surface area contributed by atoms with Gasteiger partial charge >= 0.3 is 5.97 Å². The Morgan fingerprint density at radius 1 is 1.26 bits per heavy atom. The molecular formula is C17H20N2O4. The van der Waals surface area contributed by atoms with Crippen molar-refractivity contribution >= 4 is 11.9 Å². The number of benzene rings is 1. The van der Waals surface area contributed by atoms with E-state index in [0.29, 0.717) is 13.0 Å². The molecule has 6 nitrogen and oxygen atoms in total. The summed E-state index contributed by atoms with van der Waals surface area (Å²) in [6.45, 7) is 6.04. The Morgan fingerprint density at radius 2 is 1.91 bits per heavy atom. The molecule has 1 unspecified atom stereocenters. The van der Waals surface area contributed by atoms with Crippen molar-refractivity contribution in [1.29, 1.82) is 0 Å². The van der Waals surface area contributed by atoms with Crippen molar-refractivity contribution in [1.82, 2.24) is 10.5 Å². The monoisotopic (exact) mass is 316 g/mol. The molecular weight excluding hydrogens is 296 g/mol. The highest BCUT2D eigenvalue weighted by atomic mass is 16.5. The zero-order valence-electron chi connectivity index (χ0n) is 13.4. The van der Waals surface area contributed by atoms with Gasteiger partial charge in [-0.3, -0.25) is 4.79 Å². The van der Waals surface area contributed by atoms with Crippen LogP contribution in [0.2, 0.25) is 0 Å². The predicted molar refractivity (Wildman–Crippen MR) is 84.3 cm³/mol. The molecule has 6 heteroatoms. The number of carbonyl (C=O) groups excluding carboxylic acids is 1. The van der Waals surface area contributed by atoms with Crippen molar-refractivity contribution in [3.8, 4) is 0 Å². The molecule has 0 aliphatic rings. The van der Waals surface area contributed by atoms with E-state index >= 15 is 0 Å². The molecule has 0 spiro atoms. The number of carbonyl (C=O) groups is 2. The van der Waals surface area contributed by atoms with E-state index in [1.165, 1.54) is 12.1 Å². The Bertz CT molecular complexity index is 684. The zero-order chi connectivity index (χ0) is 17.0. The van der Waals surface area contributed by atoms with Crippen LogP contribution in [0.3, 0.4) is 0 Å². The second-order valence-corrected chi connectivity index (χ2v) is 5.62. The average Bonchev–Trinajstić information content (AvgIpc) is 2.84. The van der Waals surface area contributed by atoms with Gasteiger partial charge in [-0.25, -0.2) is 4.79 Å². The lowest BCUT2D eigenvalue weighted by Crippen LogP contribution is -2.24. The molecule has 23 heavy (non-hydrogen) atoms. The second-order valence-electron chi connectivity index (χ2n) is 5.62. The van der Waals surface area contributed by atoms with Crippen molar-refractivity contribution in [2.45, 2.75) is 39.7 Å². The number of carboxylic acid groups (broad SMARTS) is 1. The van der Waals surface area contributed by atoms with Crippen LogP contribution in [0.1, 0.15) is 52.2 Å². The highest BCUT2D eigenvalue weighted by Crippen LogP contribution is 2.25. The maximum Gasteiger partial charge on any atom is 0.335 e. The Hall–Kier alpha value is -2.63. The van der Waals surface area contributed by atoms with Crippen LogP contribution < -0.4 is 5.32 Å². The summed E-state index contributed by atoms with van der Waals surface area (Å²) in [7, 11) is 0. The summed E-state index contributed by atoms with van der Waals surface area (Å²) >= 11 is 0. The topological polar surface area (TPSA) is 92.4 Å². The smallest absolute Gasteiger partial charge is 0.335 e. The first kappa shape index (κ1) is 16.7. The minimum atomic E-state index is -0.964. The molecule has 0 radical (unpaired) electrons. The quantitative estimate of drug-likeness (QED) is 0.855. The molecule has 0 aliphatic carbocycles. The third-order valence-electron chi connectivity index (χ3n) is 3.76. The van der Waals surface area contributed by atoms with Crippen LogP contribution in [-0.4, -0.2) is 22.1 Å². The normalized spacial score (nSPS) is 12.0. The fourth-order valence-corrected chi connectivity index (χ4v) is 2.61. The van der Waals surface area contributed by atoms with E-state index in [1.54, 1.807) is 12.1 Å². The second kappa shape index (κ2) is 7.09. The molecule has 0 aliphatic heterocycles. The fraction of sp³-hybridized carbons (Fsp3) is 0.353. The van der Waals surface area contributed by atoms with E-state index in [2.05, 4.69) is 10.5 Å². The van der Waals surface area contributed by atoms with Crippen LogP contribution in [-0.2, 0) is 11.3 Å². The number of amides is 1. The molecule has 1 aromatic heterocycles. The van der Waals surface area contributed by atoms with Crippen LogP contribution in [0.5, 0.6) is 0 Å². The molecule has 2 N–H and O–H groups in total. The van der Waals surface area contributed by atoms with Crippen LogP contribution >= 0.6 is 0 Å². The van der Waals surface area contributed by atoms with Gasteiger partial charge in [0.2, 0.25) is 5.91 Å². The molecule has 0 saturated heterocycles. The van der Waals surface area contributed by atoms with Crippen molar-refractivity contribution < 1.29 is 19.2 Å². The number of hydrogen-bond acceptors (Lipinski definition) is 4. The number of nitrogens with one attached hydrogen (secondary N) is 1. The number of aromatic nitrogens is 1. The lowest BCUT2D eigenvalue weighted by atomic mass is 9.96. The summed E-state index contributed by atoms with van der Waals surface area (Å²) in [4.78, 5) is 22.8. The fourth-order valence-electron chi connectivity index (χ4n) is 2.61. The summed E-state index contributed by atoms with van der Waals surface area (Å²) in [6.07, 6.45) is 0.343. The molecule has 1 heterocycles. The number of aromatic carboxylic acids is 1. The molecule has 122 valence electrons. The third kappa shape index (κ3) is 4.18. The van der Waals surface area contributed by atoms with Gasteiger partial charge in [0, 0.05) is 18.5 Å². The largest absolute Gasteiger partial charge is 0.478 e. The van der Waals surface area contributed by atoms with Gasteiger partial charge in [0.25, 0.3) is 0 Å². The first-order chi connectivity index (χ1) is 10.9. The molecule has 2 aromatic rings. The molecule has 0 bridgehead atoms. The van der Waals surface area contributed by atoms with Crippen molar-refractivity contribution in [2.75, 3.05) is 0 Å². The van der Waals surface area contributed by atoms with Crippen molar-refractivity contribution in [3.63, 3.8) is 0 Å². The Kier molecular flexibility index (Phi) is 5.16. The first-order valence-corrected chi connectivity index (χ1v) is 7.40. The van der Waals surface area contributed by atoms with E-state index in [1.807, 2.05) is 20.8 Å². The summed E-state index contributed by atoms with van der Waals surface area (Å²) in [5.74, 6) is -0.267. The Balaban J connectivity index is 1.89. The SMILES string of the molecule is Cc1noc(C)c1C(C)CC(=O)NCc1ccc(C(=O)O)cc1. The summed E-state index contributed by atoms with van der Waals surface area (Å²) in [5, 5.41) is 15.6. The van der Waals surface area contributed by atoms with E-state index in [-0.39, 0.29) is 17.4 Å². The maximum absolute atomic E-state index is 12.1. The van der Waals surface area contributed by atoms with Gasteiger partial charge in [0.1, 0.15) is 5.76 Å². The summed E-state index contributed by atoms with van der Waals surface area (Å²) in [5.41, 5.74) is 2.87. The van der Waals surface area contributed by atoms with E-state index in [0.717, 1.165) is 22.6 Å². The number of rotatable bonds is 6. The zero-order valence-corrected chi connectivity index (χ0v) is 13.4. The minimum Gasteiger partial charge on any atom is -0.478 e. The molecule has 1 aromatic carbocycles. The van der Waals surface area contributed by atoms with E-state index < -0.39 is 5.97 Å². The van der Waals surface area contributed by atoms with Gasteiger partial charge in [0.05, 0.1) is 11.3 Å². The molecule has 1 atom stereocenters.